The summed E-state index contributed by atoms with van der Waals surface area (Å²) < 4.78 is 33.3. The van der Waals surface area contributed by atoms with E-state index in [1.165, 1.54) is 11.0 Å². The SMILES string of the molecule is Cc1ccc(-n2cnnn2)cc1OCC(=O)Nc1ccc(F)cc1F. The van der Waals surface area contributed by atoms with Crippen molar-refractivity contribution in [2.75, 3.05) is 11.9 Å². The Morgan fingerprint density at radius 1 is 1.24 bits per heavy atom. The second-order valence-corrected chi connectivity index (χ2v) is 5.17. The van der Waals surface area contributed by atoms with Gasteiger partial charge in [-0.05, 0) is 41.1 Å². The highest BCUT2D eigenvalue weighted by molar-refractivity contribution is 5.92. The van der Waals surface area contributed by atoms with Crippen LogP contribution in [0.15, 0.2) is 42.7 Å². The molecular weight excluding hydrogens is 332 g/mol. The van der Waals surface area contributed by atoms with E-state index in [9.17, 15) is 13.6 Å². The van der Waals surface area contributed by atoms with E-state index in [0.717, 1.165) is 17.7 Å². The molecule has 0 aliphatic rings. The van der Waals surface area contributed by atoms with E-state index in [1.807, 2.05) is 6.92 Å². The molecule has 9 heteroatoms. The van der Waals surface area contributed by atoms with E-state index in [0.29, 0.717) is 17.5 Å². The summed E-state index contributed by atoms with van der Waals surface area (Å²) in [6, 6.07) is 8.16. The molecule has 0 unspecified atom stereocenters. The highest BCUT2D eigenvalue weighted by atomic mass is 19.1. The van der Waals surface area contributed by atoms with Crippen molar-refractivity contribution in [1.29, 1.82) is 0 Å². The fourth-order valence-corrected chi connectivity index (χ4v) is 2.09. The molecule has 128 valence electrons. The Kier molecular flexibility index (Phi) is 4.64. The highest BCUT2D eigenvalue weighted by Gasteiger charge is 2.10. The van der Waals surface area contributed by atoms with Gasteiger partial charge in [0.1, 0.15) is 23.7 Å². The Morgan fingerprint density at radius 2 is 2.08 bits per heavy atom. The van der Waals surface area contributed by atoms with E-state index >= 15 is 0 Å². The van der Waals surface area contributed by atoms with Crippen molar-refractivity contribution in [1.82, 2.24) is 20.2 Å². The van der Waals surface area contributed by atoms with Crippen LogP contribution in [0.3, 0.4) is 0 Å². The zero-order chi connectivity index (χ0) is 17.8. The number of carbonyl (C=O) groups is 1. The molecule has 0 aliphatic heterocycles. The maximum atomic E-state index is 13.5. The molecule has 7 nitrogen and oxygen atoms in total. The van der Waals surface area contributed by atoms with Crippen LogP contribution in [-0.4, -0.2) is 32.7 Å². The third kappa shape index (κ3) is 3.94. The van der Waals surface area contributed by atoms with E-state index in [-0.39, 0.29) is 12.3 Å². The van der Waals surface area contributed by atoms with Gasteiger partial charge in [0.25, 0.3) is 5.91 Å². The van der Waals surface area contributed by atoms with E-state index in [4.69, 9.17) is 4.74 Å². The molecule has 1 heterocycles. The van der Waals surface area contributed by atoms with Crippen molar-refractivity contribution >= 4 is 11.6 Å². The predicted octanol–water partition coefficient (Wildman–Crippen LogP) is 2.27. The van der Waals surface area contributed by atoms with Gasteiger partial charge in [-0.15, -0.1) is 5.10 Å². The predicted molar refractivity (Wildman–Crippen MR) is 84.4 cm³/mol. The molecule has 1 aromatic heterocycles. The van der Waals surface area contributed by atoms with Crippen LogP contribution in [0.4, 0.5) is 14.5 Å². The Bertz CT molecular complexity index is 900. The number of tetrazole rings is 1. The number of aryl methyl sites for hydroxylation is 1. The van der Waals surface area contributed by atoms with Crippen molar-refractivity contribution in [3.63, 3.8) is 0 Å². The van der Waals surface area contributed by atoms with Gasteiger partial charge in [0.15, 0.2) is 6.61 Å². The fourth-order valence-electron chi connectivity index (χ4n) is 2.09. The molecule has 1 amide bonds. The normalized spacial score (nSPS) is 10.5. The third-order valence-corrected chi connectivity index (χ3v) is 3.35. The zero-order valence-corrected chi connectivity index (χ0v) is 13.1. The molecule has 0 aliphatic carbocycles. The first kappa shape index (κ1) is 16.5. The number of nitrogens with one attached hydrogen (secondary N) is 1. The molecule has 0 saturated heterocycles. The van der Waals surface area contributed by atoms with Gasteiger partial charge < -0.3 is 10.1 Å². The molecule has 3 rings (SSSR count). The summed E-state index contributed by atoms with van der Waals surface area (Å²) in [7, 11) is 0. The minimum atomic E-state index is -0.856. The van der Waals surface area contributed by atoms with Gasteiger partial charge in [-0.2, -0.15) is 0 Å². The topological polar surface area (TPSA) is 81.9 Å². The van der Waals surface area contributed by atoms with Gasteiger partial charge in [-0.25, -0.2) is 13.5 Å². The largest absolute Gasteiger partial charge is 0.483 e. The number of nitrogens with zero attached hydrogens (tertiary/aromatic N) is 4. The summed E-state index contributed by atoms with van der Waals surface area (Å²) in [5.41, 5.74) is 1.35. The number of hydrogen-bond donors (Lipinski definition) is 1. The van der Waals surface area contributed by atoms with Gasteiger partial charge >= 0.3 is 0 Å². The standard InChI is InChI=1S/C16H13F2N5O2/c1-10-2-4-12(23-9-19-21-22-23)7-15(10)25-8-16(24)20-14-5-3-11(17)6-13(14)18/h2-7,9H,8H2,1H3,(H,20,24). The van der Waals surface area contributed by atoms with Crippen molar-refractivity contribution < 1.29 is 18.3 Å². The molecule has 0 spiro atoms. The summed E-state index contributed by atoms with van der Waals surface area (Å²) in [4.78, 5) is 11.9. The fraction of sp³-hybridized carbons (Fsp3) is 0.125. The molecule has 0 bridgehead atoms. The van der Waals surface area contributed by atoms with Crippen molar-refractivity contribution in [3.8, 4) is 11.4 Å². The average Bonchev–Trinajstić information content (AvgIpc) is 3.11. The molecule has 25 heavy (non-hydrogen) atoms. The van der Waals surface area contributed by atoms with Gasteiger partial charge in [-0.3, -0.25) is 4.79 Å². The Morgan fingerprint density at radius 3 is 2.80 bits per heavy atom. The first-order valence-corrected chi connectivity index (χ1v) is 7.24. The summed E-state index contributed by atoms with van der Waals surface area (Å²) in [5.74, 6) is -1.69. The summed E-state index contributed by atoms with van der Waals surface area (Å²) in [5, 5.41) is 13.2. The first-order valence-electron chi connectivity index (χ1n) is 7.24. The van der Waals surface area contributed by atoms with Gasteiger partial charge in [-0.1, -0.05) is 6.07 Å². The summed E-state index contributed by atoms with van der Waals surface area (Å²) in [6.07, 6.45) is 1.43. The summed E-state index contributed by atoms with van der Waals surface area (Å²) in [6.45, 7) is 1.48. The minimum absolute atomic E-state index is 0.117. The van der Waals surface area contributed by atoms with Crippen LogP contribution < -0.4 is 10.1 Å². The van der Waals surface area contributed by atoms with Crippen LogP contribution in [0.2, 0.25) is 0 Å². The number of carbonyl (C=O) groups excluding carboxylic acids is 1. The van der Waals surface area contributed by atoms with Crippen LogP contribution in [-0.2, 0) is 4.79 Å². The number of ether oxygens (including phenoxy) is 1. The minimum Gasteiger partial charge on any atom is -0.483 e. The zero-order valence-electron chi connectivity index (χ0n) is 13.1. The maximum Gasteiger partial charge on any atom is 0.262 e. The van der Waals surface area contributed by atoms with Crippen LogP contribution in [0, 0.1) is 18.6 Å². The van der Waals surface area contributed by atoms with Crippen LogP contribution in [0.25, 0.3) is 5.69 Å². The lowest BCUT2D eigenvalue weighted by Gasteiger charge is -2.11. The number of aromatic nitrogens is 4. The quantitative estimate of drug-likeness (QED) is 0.767. The first-order chi connectivity index (χ1) is 12.0. The van der Waals surface area contributed by atoms with Crippen molar-refractivity contribution in [3.05, 3.63) is 59.9 Å². The van der Waals surface area contributed by atoms with Crippen LogP contribution >= 0.6 is 0 Å². The molecule has 3 aromatic rings. The Hall–Kier alpha value is -3.36. The van der Waals surface area contributed by atoms with Crippen LogP contribution in [0.1, 0.15) is 5.56 Å². The maximum absolute atomic E-state index is 13.5. The number of benzene rings is 2. The number of rotatable bonds is 5. The monoisotopic (exact) mass is 345 g/mol. The van der Waals surface area contributed by atoms with Gasteiger partial charge in [0, 0.05) is 12.1 Å². The number of anilines is 1. The van der Waals surface area contributed by atoms with Crippen molar-refractivity contribution in [2.24, 2.45) is 0 Å². The lowest BCUT2D eigenvalue weighted by atomic mass is 10.2. The molecule has 0 atom stereocenters. The Balaban J connectivity index is 1.66. The molecule has 1 N–H and O–H groups in total. The molecule has 0 radical (unpaired) electrons. The Labute approximate surface area is 141 Å². The molecule has 0 fully saturated rings. The van der Waals surface area contributed by atoms with Gasteiger partial charge in [0.2, 0.25) is 0 Å². The molecule has 0 saturated carbocycles. The number of hydrogen-bond acceptors (Lipinski definition) is 5. The molecule has 2 aromatic carbocycles. The summed E-state index contributed by atoms with van der Waals surface area (Å²) >= 11 is 0. The highest BCUT2D eigenvalue weighted by Crippen LogP contribution is 2.21. The number of amides is 1. The lowest BCUT2D eigenvalue weighted by Crippen LogP contribution is -2.21. The number of halogens is 2. The third-order valence-electron chi connectivity index (χ3n) is 3.35. The van der Waals surface area contributed by atoms with E-state index in [2.05, 4.69) is 20.8 Å². The smallest absolute Gasteiger partial charge is 0.262 e. The van der Waals surface area contributed by atoms with Crippen LogP contribution in [0.5, 0.6) is 5.75 Å². The van der Waals surface area contributed by atoms with Gasteiger partial charge in [0.05, 0.1) is 11.4 Å². The lowest BCUT2D eigenvalue weighted by molar-refractivity contribution is -0.118. The van der Waals surface area contributed by atoms with E-state index < -0.39 is 17.5 Å². The average molecular weight is 345 g/mol. The van der Waals surface area contributed by atoms with E-state index in [1.54, 1.807) is 18.2 Å². The second kappa shape index (κ2) is 7.04. The second-order valence-electron chi connectivity index (χ2n) is 5.17. The van der Waals surface area contributed by atoms with Crippen molar-refractivity contribution in [2.45, 2.75) is 6.92 Å². The molecular formula is C16H13F2N5O2.